The predicted molar refractivity (Wildman–Crippen MR) is 88.1 cm³/mol. The number of methoxy groups -OCH3 is 2. The molecule has 1 heterocycles. The van der Waals surface area contributed by atoms with E-state index in [2.05, 4.69) is 4.98 Å². The van der Waals surface area contributed by atoms with Crippen molar-refractivity contribution in [3.05, 3.63) is 66.2 Å². The van der Waals surface area contributed by atoms with Crippen LogP contribution in [0.2, 0.25) is 0 Å². The fourth-order valence-electron chi connectivity index (χ4n) is 2.50. The van der Waals surface area contributed by atoms with Crippen LogP contribution < -0.4 is 9.47 Å². The van der Waals surface area contributed by atoms with E-state index >= 15 is 0 Å². The lowest BCUT2D eigenvalue weighted by atomic mass is 9.99. The van der Waals surface area contributed by atoms with E-state index in [4.69, 9.17) is 9.47 Å². The molecular weight excluding hydrogens is 312 g/mol. The summed E-state index contributed by atoms with van der Waals surface area (Å²) in [5.74, 6) is -0.0596. The largest absolute Gasteiger partial charge is 0.491 e. The highest BCUT2D eigenvalue weighted by molar-refractivity contribution is 5.82. The quantitative estimate of drug-likeness (QED) is 0.695. The molecule has 3 nitrogen and oxygen atoms in total. The Morgan fingerprint density at radius 3 is 2.00 bits per heavy atom. The Kier molecular flexibility index (Phi) is 4.42. The van der Waals surface area contributed by atoms with Crippen LogP contribution in [0.1, 0.15) is 0 Å². The molecule has 0 amide bonds. The van der Waals surface area contributed by atoms with E-state index in [9.17, 15) is 8.78 Å². The number of hydrogen-bond donors (Lipinski definition) is 0. The van der Waals surface area contributed by atoms with E-state index in [-0.39, 0.29) is 17.5 Å². The van der Waals surface area contributed by atoms with Gasteiger partial charge in [0.2, 0.25) is 0 Å². The molecule has 0 N–H and O–H groups in total. The molecule has 0 bridgehead atoms. The molecule has 0 aliphatic rings. The Balaban J connectivity index is 2.29. The van der Waals surface area contributed by atoms with Crippen molar-refractivity contribution in [1.29, 1.82) is 0 Å². The highest BCUT2D eigenvalue weighted by Crippen LogP contribution is 2.38. The zero-order valence-electron chi connectivity index (χ0n) is 13.2. The summed E-state index contributed by atoms with van der Waals surface area (Å²) in [5, 5.41) is 0. The molecule has 0 fully saturated rings. The fourth-order valence-corrected chi connectivity index (χ4v) is 2.50. The topological polar surface area (TPSA) is 31.4 Å². The maximum Gasteiger partial charge on any atom is 0.257 e. The summed E-state index contributed by atoms with van der Waals surface area (Å²) >= 11 is 0. The number of halogens is 2. The van der Waals surface area contributed by atoms with Crippen molar-refractivity contribution in [2.45, 2.75) is 0 Å². The zero-order valence-corrected chi connectivity index (χ0v) is 13.2. The first-order valence-electron chi connectivity index (χ1n) is 7.27. The number of rotatable bonds is 4. The third-order valence-corrected chi connectivity index (χ3v) is 3.60. The second-order valence-corrected chi connectivity index (χ2v) is 5.12. The zero-order chi connectivity index (χ0) is 17.1. The first-order valence-corrected chi connectivity index (χ1v) is 7.27. The molecule has 0 unspecified atom stereocenters. The highest BCUT2D eigenvalue weighted by atomic mass is 19.1. The van der Waals surface area contributed by atoms with Gasteiger partial charge in [-0.2, -0.15) is 0 Å². The van der Waals surface area contributed by atoms with Gasteiger partial charge in [0.05, 0.1) is 19.9 Å². The molecule has 0 radical (unpaired) electrons. The van der Waals surface area contributed by atoms with Gasteiger partial charge in [-0.05, 0) is 35.9 Å². The molecule has 0 atom stereocenters. The van der Waals surface area contributed by atoms with Crippen LogP contribution in [0.15, 0.2) is 54.6 Å². The predicted octanol–water partition coefficient (Wildman–Crippen LogP) is 4.71. The van der Waals surface area contributed by atoms with Gasteiger partial charge in [-0.15, -0.1) is 0 Å². The van der Waals surface area contributed by atoms with Gasteiger partial charge >= 0.3 is 0 Å². The van der Waals surface area contributed by atoms with E-state index in [1.165, 1.54) is 38.5 Å². The van der Waals surface area contributed by atoms with E-state index in [1.54, 1.807) is 30.3 Å². The minimum atomic E-state index is -0.380. The summed E-state index contributed by atoms with van der Waals surface area (Å²) in [6.45, 7) is 0. The van der Waals surface area contributed by atoms with Gasteiger partial charge in [-0.3, -0.25) is 0 Å². The molecule has 3 rings (SSSR count). The maximum absolute atomic E-state index is 13.6. The van der Waals surface area contributed by atoms with Gasteiger partial charge in [-0.1, -0.05) is 24.3 Å². The number of ether oxygens (including phenoxy) is 2. The Labute approximate surface area is 138 Å². The summed E-state index contributed by atoms with van der Waals surface area (Å²) in [6, 6.07) is 13.9. The molecule has 24 heavy (non-hydrogen) atoms. The van der Waals surface area contributed by atoms with E-state index < -0.39 is 0 Å². The van der Waals surface area contributed by atoms with E-state index in [0.29, 0.717) is 28.1 Å². The van der Waals surface area contributed by atoms with Gasteiger partial charge in [0, 0.05) is 11.1 Å². The molecule has 2 aromatic carbocycles. The molecule has 0 spiro atoms. The van der Waals surface area contributed by atoms with Crippen LogP contribution in [0, 0.1) is 11.6 Å². The van der Waals surface area contributed by atoms with Crippen LogP contribution in [0.25, 0.3) is 22.4 Å². The Bertz CT molecular complexity index is 808. The van der Waals surface area contributed by atoms with Crippen LogP contribution in [-0.4, -0.2) is 19.2 Å². The number of hydrogen-bond acceptors (Lipinski definition) is 3. The van der Waals surface area contributed by atoms with Crippen LogP contribution >= 0.6 is 0 Å². The first-order chi connectivity index (χ1) is 11.6. The van der Waals surface area contributed by atoms with Crippen molar-refractivity contribution in [2.24, 2.45) is 0 Å². The molecule has 5 heteroatoms. The molecule has 1 aromatic heterocycles. The third-order valence-electron chi connectivity index (χ3n) is 3.60. The minimum Gasteiger partial charge on any atom is -0.491 e. The average Bonchev–Trinajstić information content (AvgIpc) is 2.60. The lowest BCUT2D eigenvalue weighted by molar-refractivity contribution is 0.343. The van der Waals surface area contributed by atoms with Crippen molar-refractivity contribution in [1.82, 2.24) is 4.98 Å². The summed E-state index contributed by atoms with van der Waals surface area (Å²) < 4.78 is 37.8. The van der Waals surface area contributed by atoms with Gasteiger partial charge < -0.3 is 9.47 Å². The molecule has 0 saturated carbocycles. The van der Waals surface area contributed by atoms with Crippen LogP contribution in [0.3, 0.4) is 0 Å². The van der Waals surface area contributed by atoms with Crippen LogP contribution in [-0.2, 0) is 0 Å². The Morgan fingerprint density at radius 2 is 1.42 bits per heavy atom. The van der Waals surface area contributed by atoms with Crippen molar-refractivity contribution in [3.8, 4) is 34.0 Å². The van der Waals surface area contributed by atoms with Gasteiger partial charge in [0.1, 0.15) is 11.6 Å². The molecule has 3 aromatic rings. The van der Waals surface area contributed by atoms with Crippen LogP contribution in [0.4, 0.5) is 8.78 Å². The Morgan fingerprint density at radius 1 is 0.792 bits per heavy atom. The maximum atomic E-state index is 13.6. The normalized spacial score (nSPS) is 10.5. The van der Waals surface area contributed by atoms with Crippen molar-refractivity contribution < 1.29 is 18.3 Å². The lowest BCUT2D eigenvalue weighted by Gasteiger charge is -2.14. The van der Waals surface area contributed by atoms with Gasteiger partial charge in [-0.25, -0.2) is 13.8 Å². The monoisotopic (exact) mass is 327 g/mol. The van der Waals surface area contributed by atoms with Crippen molar-refractivity contribution >= 4 is 0 Å². The summed E-state index contributed by atoms with van der Waals surface area (Å²) in [7, 11) is 2.97. The SMILES string of the molecule is COc1cc(-c2cccc(F)c2)c(-c2cccc(F)c2)nc1OC. The second kappa shape index (κ2) is 6.66. The minimum absolute atomic E-state index is 0.275. The smallest absolute Gasteiger partial charge is 0.257 e. The summed E-state index contributed by atoms with van der Waals surface area (Å²) in [5.41, 5.74) is 2.29. The molecule has 122 valence electrons. The number of aromatic nitrogens is 1. The third kappa shape index (κ3) is 3.06. The van der Waals surface area contributed by atoms with Crippen LogP contribution in [0.5, 0.6) is 11.6 Å². The average molecular weight is 327 g/mol. The summed E-state index contributed by atoms with van der Waals surface area (Å²) in [6.07, 6.45) is 0. The molecule has 0 saturated heterocycles. The second-order valence-electron chi connectivity index (χ2n) is 5.12. The molecular formula is C19H15F2NO2. The van der Waals surface area contributed by atoms with E-state index in [1.807, 2.05) is 0 Å². The summed E-state index contributed by atoms with van der Waals surface area (Å²) in [4.78, 5) is 4.44. The van der Waals surface area contributed by atoms with Crippen molar-refractivity contribution in [2.75, 3.05) is 14.2 Å². The highest BCUT2D eigenvalue weighted by Gasteiger charge is 2.16. The fraction of sp³-hybridized carbons (Fsp3) is 0.105. The van der Waals surface area contributed by atoms with Gasteiger partial charge in [0.15, 0.2) is 5.75 Å². The molecule has 0 aliphatic heterocycles. The van der Waals surface area contributed by atoms with Crippen molar-refractivity contribution in [3.63, 3.8) is 0 Å². The first kappa shape index (κ1) is 15.9. The molecule has 0 aliphatic carbocycles. The van der Waals surface area contributed by atoms with Gasteiger partial charge in [0.25, 0.3) is 5.88 Å². The number of nitrogens with zero attached hydrogens (tertiary/aromatic N) is 1. The Hall–Kier alpha value is -2.95. The number of benzene rings is 2. The van der Waals surface area contributed by atoms with E-state index in [0.717, 1.165) is 0 Å². The lowest BCUT2D eigenvalue weighted by Crippen LogP contribution is -1.98. The standard InChI is InChI=1S/C19H15F2NO2/c1-23-17-11-16(12-5-3-7-14(20)9-12)18(22-19(17)24-2)13-6-4-8-15(21)10-13/h3-11H,1-2H3. The number of pyridine rings is 1.